The standard InChI is InChI=1S/C23H14F2N2O4S/c1-14-3-6-16(7-4-14)32(29,30)27-10-9-17-18(13-28)23(20(25)12-22(17)27)31-15-5-8-19(24)21(11-15)26-2/h3-13H,1H3. The molecule has 1 aromatic heterocycles. The summed E-state index contributed by atoms with van der Waals surface area (Å²) in [6, 6.07) is 11.7. The number of fused-ring (bicyclic) bond motifs is 1. The van der Waals surface area contributed by atoms with E-state index < -0.39 is 27.4 Å². The average Bonchev–Trinajstić information content (AvgIpc) is 3.20. The number of benzene rings is 3. The minimum absolute atomic E-state index is 0.00646. The van der Waals surface area contributed by atoms with E-state index in [1.807, 2.05) is 6.92 Å². The van der Waals surface area contributed by atoms with Crippen molar-refractivity contribution in [3.05, 3.63) is 95.0 Å². The fourth-order valence-corrected chi connectivity index (χ4v) is 4.58. The zero-order valence-corrected chi connectivity index (χ0v) is 17.4. The molecule has 3 aromatic carbocycles. The molecule has 0 fully saturated rings. The highest BCUT2D eigenvalue weighted by Crippen LogP contribution is 2.36. The quantitative estimate of drug-likeness (QED) is 0.291. The number of aromatic nitrogens is 1. The maximum Gasteiger partial charge on any atom is 0.268 e. The summed E-state index contributed by atoms with van der Waals surface area (Å²) in [6.45, 7) is 8.79. The van der Waals surface area contributed by atoms with Crippen molar-refractivity contribution in [3.8, 4) is 11.5 Å². The molecular formula is C23H14F2N2O4S. The third kappa shape index (κ3) is 3.50. The molecule has 0 amide bonds. The monoisotopic (exact) mass is 452 g/mol. The maximum atomic E-state index is 15.0. The lowest BCUT2D eigenvalue weighted by atomic mass is 10.1. The lowest BCUT2D eigenvalue weighted by Crippen LogP contribution is -2.12. The van der Waals surface area contributed by atoms with E-state index in [0.717, 1.165) is 27.7 Å². The third-order valence-electron chi connectivity index (χ3n) is 4.86. The van der Waals surface area contributed by atoms with Gasteiger partial charge in [0, 0.05) is 17.6 Å². The van der Waals surface area contributed by atoms with Gasteiger partial charge in [-0.2, -0.15) is 0 Å². The molecule has 0 radical (unpaired) electrons. The highest BCUT2D eigenvalue weighted by atomic mass is 32.2. The normalized spacial score (nSPS) is 11.3. The number of halogens is 2. The molecule has 0 saturated carbocycles. The summed E-state index contributed by atoms with van der Waals surface area (Å²) >= 11 is 0. The van der Waals surface area contributed by atoms with Crippen molar-refractivity contribution in [3.63, 3.8) is 0 Å². The van der Waals surface area contributed by atoms with E-state index in [0.29, 0.717) is 6.29 Å². The van der Waals surface area contributed by atoms with Crippen LogP contribution in [-0.2, 0) is 10.0 Å². The van der Waals surface area contributed by atoms with Crippen LogP contribution in [0.25, 0.3) is 15.7 Å². The van der Waals surface area contributed by atoms with Gasteiger partial charge in [0.15, 0.2) is 17.9 Å². The Morgan fingerprint density at radius 3 is 2.41 bits per heavy atom. The summed E-state index contributed by atoms with van der Waals surface area (Å²) in [5.74, 6) is -2.27. The molecule has 4 rings (SSSR count). The molecule has 0 aliphatic rings. The van der Waals surface area contributed by atoms with Crippen LogP contribution in [0.2, 0.25) is 0 Å². The average molecular weight is 452 g/mol. The van der Waals surface area contributed by atoms with Gasteiger partial charge in [0.2, 0.25) is 5.69 Å². The van der Waals surface area contributed by atoms with E-state index in [2.05, 4.69) is 4.85 Å². The molecule has 0 bridgehead atoms. The first-order chi connectivity index (χ1) is 15.3. The molecule has 160 valence electrons. The highest BCUT2D eigenvalue weighted by molar-refractivity contribution is 7.90. The van der Waals surface area contributed by atoms with E-state index in [4.69, 9.17) is 11.3 Å². The minimum atomic E-state index is -4.05. The summed E-state index contributed by atoms with van der Waals surface area (Å²) in [5, 5.41) is 0.152. The Kier molecular flexibility index (Phi) is 5.24. The van der Waals surface area contributed by atoms with Crippen molar-refractivity contribution < 1.29 is 26.7 Å². The van der Waals surface area contributed by atoms with Gasteiger partial charge in [-0.3, -0.25) is 4.79 Å². The van der Waals surface area contributed by atoms with E-state index in [9.17, 15) is 22.0 Å². The Bertz CT molecular complexity index is 1520. The summed E-state index contributed by atoms with van der Waals surface area (Å²) in [6.07, 6.45) is 1.58. The highest BCUT2D eigenvalue weighted by Gasteiger charge is 2.24. The first-order valence-corrected chi connectivity index (χ1v) is 10.7. The van der Waals surface area contributed by atoms with Gasteiger partial charge >= 0.3 is 0 Å². The minimum Gasteiger partial charge on any atom is -0.455 e. The molecule has 1 heterocycles. The predicted octanol–water partition coefficient (Wildman–Crippen LogP) is 5.62. The van der Waals surface area contributed by atoms with Crippen molar-refractivity contribution >= 4 is 32.9 Å². The van der Waals surface area contributed by atoms with Crippen LogP contribution in [0.15, 0.2) is 65.7 Å². The number of aryl methyl sites for hydroxylation is 1. The SMILES string of the molecule is [C-]#[N+]c1cc(Oc2c(F)cc3c(ccn3S(=O)(=O)c3ccc(C)cc3)c2C=O)ccc1F. The Balaban J connectivity index is 1.86. The number of carbonyl (C=O) groups excluding carboxylic acids is 1. The second-order valence-electron chi connectivity index (χ2n) is 6.91. The van der Waals surface area contributed by atoms with Crippen molar-refractivity contribution in [2.45, 2.75) is 11.8 Å². The molecule has 0 aliphatic carbocycles. The Morgan fingerprint density at radius 2 is 1.75 bits per heavy atom. The van der Waals surface area contributed by atoms with Crippen LogP contribution in [0.5, 0.6) is 11.5 Å². The first kappa shape index (κ1) is 21.2. The van der Waals surface area contributed by atoms with Gasteiger partial charge in [-0.15, -0.1) is 0 Å². The molecule has 0 aliphatic heterocycles. The molecule has 0 saturated heterocycles. The molecule has 4 aromatic rings. The number of carbonyl (C=O) groups is 1. The zero-order valence-electron chi connectivity index (χ0n) is 16.5. The maximum absolute atomic E-state index is 15.0. The summed E-state index contributed by atoms with van der Waals surface area (Å²) in [5.41, 5.74) is 0.288. The second kappa shape index (κ2) is 7.90. The van der Waals surface area contributed by atoms with E-state index in [1.165, 1.54) is 30.5 Å². The van der Waals surface area contributed by atoms with Crippen molar-refractivity contribution in [2.24, 2.45) is 0 Å². The largest absolute Gasteiger partial charge is 0.455 e. The number of aldehydes is 1. The Labute approximate surface area is 182 Å². The second-order valence-corrected chi connectivity index (χ2v) is 8.72. The van der Waals surface area contributed by atoms with Crippen LogP contribution >= 0.6 is 0 Å². The molecule has 9 heteroatoms. The van der Waals surface area contributed by atoms with Gasteiger partial charge in [-0.25, -0.2) is 26.0 Å². The van der Waals surface area contributed by atoms with Crippen LogP contribution < -0.4 is 4.74 Å². The zero-order chi connectivity index (χ0) is 23.0. The fraction of sp³-hybridized carbons (Fsp3) is 0.0435. The van der Waals surface area contributed by atoms with Crippen LogP contribution in [0.4, 0.5) is 14.5 Å². The van der Waals surface area contributed by atoms with Gasteiger partial charge in [0.25, 0.3) is 10.0 Å². The van der Waals surface area contributed by atoms with Crippen molar-refractivity contribution in [2.75, 3.05) is 0 Å². The summed E-state index contributed by atoms with van der Waals surface area (Å²) < 4.78 is 61.0. The smallest absolute Gasteiger partial charge is 0.268 e. The number of hydrogen-bond acceptors (Lipinski definition) is 4. The lowest BCUT2D eigenvalue weighted by Gasteiger charge is -2.12. The number of hydrogen-bond donors (Lipinski definition) is 0. The molecule has 0 N–H and O–H groups in total. The molecule has 0 atom stereocenters. The molecule has 6 nitrogen and oxygen atoms in total. The van der Waals surface area contributed by atoms with Crippen LogP contribution in [0, 0.1) is 25.1 Å². The third-order valence-corrected chi connectivity index (χ3v) is 6.56. The molecular weight excluding hydrogens is 438 g/mol. The molecule has 0 unspecified atom stereocenters. The fourth-order valence-electron chi connectivity index (χ4n) is 3.25. The Morgan fingerprint density at radius 1 is 1.03 bits per heavy atom. The van der Waals surface area contributed by atoms with Gasteiger partial charge < -0.3 is 4.74 Å². The summed E-state index contributed by atoms with van der Waals surface area (Å²) in [4.78, 5) is 14.8. The van der Waals surface area contributed by atoms with Gasteiger partial charge in [-0.05, 0) is 43.3 Å². The van der Waals surface area contributed by atoms with E-state index in [1.54, 1.807) is 12.1 Å². The summed E-state index contributed by atoms with van der Waals surface area (Å²) in [7, 11) is -4.05. The Hall–Kier alpha value is -4.03. The number of nitrogens with zero attached hydrogens (tertiary/aromatic N) is 2. The predicted molar refractivity (Wildman–Crippen MR) is 114 cm³/mol. The van der Waals surface area contributed by atoms with Gasteiger partial charge in [0.1, 0.15) is 11.6 Å². The van der Waals surface area contributed by atoms with Crippen molar-refractivity contribution in [1.82, 2.24) is 3.97 Å². The van der Waals surface area contributed by atoms with Crippen LogP contribution in [0.1, 0.15) is 15.9 Å². The van der Waals surface area contributed by atoms with E-state index in [-0.39, 0.29) is 32.8 Å². The lowest BCUT2D eigenvalue weighted by molar-refractivity contribution is 0.112. The van der Waals surface area contributed by atoms with Gasteiger partial charge in [0.05, 0.1) is 22.5 Å². The van der Waals surface area contributed by atoms with Crippen LogP contribution in [0.3, 0.4) is 0 Å². The molecule has 0 spiro atoms. The number of ether oxygens (including phenoxy) is 1. The first-order valence-electron chi connectivity index (χ1n) is 9.22. The van der Waals surface area contributed by atoms with Crippen LogP contribution in [-0.4, -0.2) is 18.7 Å². The number of rotatable bonds is 5. The topological polar surface area (TPSA) is 69.7 Å². The molecule has 32 heavy (non-hydrogen) atoms. The van der Waals surface area contributed by atoms with E-state index >= 15 is 0 Å². The van der Waals surface area contributed by atoms with Gasteiger partial charge in [-0.1, -0.05) is 17.7 Å². The van der Waals surface area contributed by atoms with Crippen molar-refractivity contribution in [1.29, 1.82) is 0 Å².